The first-order valence-electron chi connectivity index (χ1n) is 5.97. The zero-order valence-corrected chi connectivity index (χ0v) is 11.7. The Kier molecular flexibility index (Phi) is 3.53. The minimum atomic E-state index is 0.581. The van der Waals surface area contributed by atoms with Crippen LogP contribution in [0.15, 0.2) is 22.8 Å². The molecule has 2 nitrogen and oxygen atoms in total. The van der Waals surface area contributed by atoms with Crippen molar-refractivity contribution in [2.75, 3.05) is 11.4 Å². The summed E-state index contributed by atoms with van der Waals surface area (Å²) < 4.78 is 0.920. The van der Waals surface area contributed by atoms with E-state index >= 15 is 0 Å². The third kappa shape index (κ3) is 2.40. The van der Waals surface area contributed by atoms with Crippen molar-refractivity contribution in [2.24, 2.45) is 11.8 Å². The molecule has 16 heavy (non-hydrogen) atoms. The standard InChI is InChI=1S/C13H19BrN2/c1-9-7-10(2)11(3)16(8-9)13-6-4-5-12(14)15-13/h4-6,9-11H,7-8H2,1-3H3. The summed E-state index contributed by atoms with van der Waals surface area (Å²) in [6.45, 7) is 8.09. The molecule has 1 fully saturated rings. The van der Waals surface area contributed by atoms with E-state index in [1.807, 2.05) is 6.07 Å². The van der Waals surface area contributed by atoms with E-state index in [2.05, 4.69) is 58.7 Å². The van der Waals surface area contributed by atoms with Crippen molar-refractivity contribution < 1.29 is 0 Å². The van der Waals surface area contributed by atoms with Gasteiger partial charge in [-0.3, -0.25) is 0 Å². The number of piperidine rings is 1. The Bertz CT molecular complexity index is 367. The molecule has 0 N–H and O–H groups in total. The van der Waals surface area contributed by atoms with E-state index in [9.17, 15) is 0 Å². The molecule has 1 aromatic rings. The minimum Gasteiger partial charge on any atom is -0.353 e. The quantitative estimate of drug-likeness (QED) is 0.730. The Morgan fingerprint density at radius 1 is 1.31 bits per heavy atom. The predicted molar refractivity (Wildman–Crippen MR) is 71.7 cm³/mol. The normalized spacial score (nSPS) is 30.5. The van der Waals surface area contributed by atoms with Crippen LogP contribution in [-0.4, -0.2) is 17.6 Å². The molecule has 0 amide bonds. The molecule has 1 saturated heterocycles. The van der Waals surface area contributed by atoms with E-state index in [0.717, 1.165) is 28.8 Å². The van der Waals surface area contributed by atoms with Gasteiger partial charge in [-0.05, 0) is 53.2 Å². The van der Waals surface area contributed by atoms with E-state index in [-0.39, 0.29) is 0 Å². The Hall–Kier alpha value is -0.570. The predicted octanol–water partition coefficient (Wildman–Crippen LogP) is 3.71. The topological polar surface area (TPSA) is 16.1 Å². The van der Waals surface area contributed by atoms with Gasteiger partial charge in [0.25, 0.3) is 0 Å². The van der Waals surface area contributed by atoms with Gasteiger partial charge in [-0.15, -0.1) is 0 Å². The number of rotatable bonds is 1. The molecule has 0 spiro atoms. The molecule has 3 heteroatoms. The number of pyridine rings is 1. The number of nitrogens with zero attached hydrogens (tertiary/aromatic N) is 2. The van der Waals surface area contributed by atoms with Crippen LogP contribution in [0.3, 0.4) is 0 Å². The minimum absolute atomic E-state index is 0.581. The van der Waals surface area contributed by atoms with Crippen LogP contribution < -0.4 is 4.90 Å². The molecule has 3 unspecified atom stereocenters. The van der Waals surface area contributed by atoms with Gasteiger partial charge in [-0.1, -0.05) is 19.9 Å². The largest absolute Gasteiger partial charge is 0.353 e. The number of aromatic nitrogens is 1. The SMILES string of the molecule is CC1CC(C)C(C)N(c2cccc(Br)n2)C1. The maximum absolute atomic E-state index is 4.56. The molecule has 0 radical (unpaired) electrons. The molecular formula is C13H19BrN2. The average molecular weight is 283 g/mol. The van der Waals surface area contributed by atoms with E-state index < -0.39 is 0 Å². The van der Waals surface area contributed by atoms with Gasteiger partial charge in [-0.25, -0.2) is 4.98 Å². The average Bonchev–Trinajstić information content (AvgIpc) is 2.23. The molecular weight excluding hydrogens is 264 g/mol. The fourth-order valence-electron chi connectivity index (χ4n) is 2.58. The maximum atomic E-state index is 4.56. The van der Waals surface area contributed by atoms with E-state index in [1.165, 1.54) is 6.42 Å². The molecule has 0 aromatic carbocycles. The van der Waals surface area contributed by atoms with Gasteiger partial charge < -0.3 is 4.90 Å². The van der Waals surface area contributed by atoms with Crippen molar-refractivity contribution in [2.45, 2.75) is 33.2 Å². The van der Waals surface area contributed by atoms with E-state index in [1.54, 1.807) is 0 Å². The fourth-order valence-corrected chi connectivity index (χ4v) is 2.91. The monoisotopic (exact) mass is 282 g/mol. The number of hydrogen-bond acceptors (Lipinski definition) is 2. The lowest BCUT2D eigenvalue weighted by molar-refractivity contribution is 0.295. The van der Waals surface area contributed by atoms with Crippen LogP contribution in [0.4, 0.5) is 5.82 Å². The zero-order valence-electron chi connectivity index (χ0n) is 10.2. The van der Waals surface area contributed by atoms with Crippen LogP contribution in [0.2, 0.25) is 0 Å². The van der Waals surface area contributed by atoms with Crippen molar-refractivity contribution >= 4 is 21.7 Å². The van der Waals surface area contributed by atoms with Gasteiger partial charge in [-0.2, -0.15) is 0 Å². The van der Waals surface area contributed by atoms with Crippen molar-refractivity contribution in [1.82, 2.24) is 4.98 Å². The lowest BCUT2D eigenvalue weighted by atomic mass is 9.86. The molecule has 1 aromatic heterocycles. The van der Waals surface area contributed by atoms with Crippen molar-refractivity contribution in [1.29, 1.82) is 0 Å². The highest BCUT2D eigenvalue weighted by Crippen LogP contribution is 2.30. The van der Waals surface area contributed by atoms with Crippen LogP contribution in [0, 0.1) is 11.8 Å². The molecule has 0 aliphatic carbocycles. The van der Waals surface area contributed by atoms with Crippen LogP contribution in [0.25, 0.3) is 0 Å². The maximum Gasteiger partial charge on any atom is 0.130 e. The fraction of sp³-hybridized carbons (Fsp3) is 0.615. The summed E-state index contributed by atoms with van der Waals surface area (Å²) in [4.78, 5) is 6.99. The highest BCUT2D eigenvalue weighted by atomic mass is 79.9. The summed E-state index contributed by atoms with van der Waals surface area (Å²) >= 11 is 3.44. The molecule has 1 aliphatic rings. The molecule has 3 atom stereocenters. The zero-order chi connectivity index (χ0) is 11.7. The third-order valence-corrected chi connectivity index (χ3v) is 4.03. The summed E-state index contributed by atoms with van der Waals surface area (Å²) in [6.07, 6.45) is 1.33. The van der Waals surface area contributed by atoms with E-state index in [4.69, 9.17) is 0 Å². The van der Waals surface area contributed by atoms with Gasteiger partial charge in [0.2, 0.25) is 0 Å². The first-order valence-corrected chi connectivity index (χ1v) is 6.76. The summed E-state index contributed by atoms with van der Waals surface area (Å²) in [5.41, 5.74) is 0. The van der Waals surface area contributed by atoms with Gasteiger partial charge >= 0.3 is 0 Å². The third-order valence-electron chi connectivity index (χ3n) is 3.59. The second-order valence-electron chi connectivity index (χ2n) is 5.03. The van der Waals surface area contributed by atoms with Crippen LogP contribution in [0.5, 0.6) is 0 Å². The summed E-state index contributed by atoms with van der Waals surface area (Å²) in [7, 11) is 0. The lowest BCUT2D eigenvalue weighted by Crippen LogP contribution is -2.46. The highest BCUT2D eigenvalue weighted by Gasteiger charge is 2.29. The molecule has 2 heterocycles. The number of hydrogen-bond donors (Lipinski definition) is 0. The highest BCUT2D eigenvalue weighted by molar-refractivity contribution is 9.10. The molecule has 88 valence electrons. The van der Waals surface area contributed by atoms with Crippen LogP contribution in [-0.2, 0) is 0 Å². The van der Waals surface area contributed by atoms with Crippen molar-refractivity contribution in [3.63, 3.8) is 0 Å². The number of halogens is 1. The van der Waals surface area contributed by atoms with Crippen molar-refractivity contribution in [3.8, 4) is 0 Å². The summed E-state index contributed by atoms with van der Waals surface area (Å²) in [5.74, 6) is 2.59. The van der Waals surface area contributed by atoms with Crippen molar-refractivity contribution in [3.05, 3.63) is 22.8 Å². The second kappa shape index (κ2) is 4.74. The Balaban J connectivity index is 2.25. The van der Waals surface area contributed by atoms with Gasteiger partial charge in [0.05, 0.1) is 0 Å². The van der Waals surface area contributed by atoms with Gasteiger partial charge in [0, 0.05) is 12.6 Å². The Morgan fingerprint density at radius 3 is 2.75 bits per heavy atom. The lowest BCUT2D eigenvalue weighted by Gasteiger charge is -2.41. The first kappa shape index (κ1) is 11.9. The molecule has 0 bridgehead atoms. The van der Waals surface area contributed by atoms with Gasteiger partial charge in [0.1, 0.15) is 10.4 Å². The van der Waals surface area contributed by atoms with Crippen LogP contribution >= 0.6 is 15.9 Å². The molecule has 0 saturated carbocycles. The van der Waals surface area contributed by atoms with E-state index in [0.29, 0.717) is 6.04 Å². The van der Waals surface area contributed by atoms with Gasteiger partial charge in [0.15, 0.2) is 0 Å². The van der Waals surface area contributed by atoms with Crippen LogP contribution in [0.1, 0.15) is 27.2 Å². The Labute approximate surface area is 106 Å². The summed E-state index contributed by atoms with van der Waals surface area (Å²) in [5, 5.41) is 0. The first-order chi connectivity index (χ1) is 7.58. The molecule has 1 aliphatic heterocycles. The second-order valence-corrected chi connectivity index (χ2v) is 5.84. The Morgan fingerprint density at radius 2 is 2.06 bits per heavy atom. The smallest absolute Gasteiger partial charge is 0.130 e. The number of anilines is 1. The summed E-state index contributed by atoms with van der Waals surface area (Å²) in [6, 6.07) is 6.72. The molecule has 2 rings (SSSR count).